The van der Waals surface area contributed by atoms with Crippen molar-refractivity contribution in [1.82, 2.24) is 4.90 Å². The van der Waals surface area contributed by atoms with Gasteiger partial charge >= 0.3 is 6.03 Å². The number of sulfonamides is 1. The fourth-order valence-electron chi connectivity index (χ4n) is 2.30. The lowest BCUT2D eigenvalue weighted by molar-refractivity contribution is -0.0260. The number of urea groups is 1. The molecule has 24 heavy (non-hydrogen) atoms. The van der Waals surface area contributed by atoms with E-state index in [9.17, 15) is 13.2 Å². The van der Waals surface area contributed by atoms with Crippen LogP contribution < -0.4 is 10.5 Å². The van der Waals surface area contributed by atoms with E-state index in [0.29, 0.717) is 32.7 Å². The van der Waals surface area contributed by atoms with Gasteiger partial charge in [0.2, 0.25) is 10.0 Å². The van der Waals surface area contributed by atoms with E-state index < -0.39 is 10.0 Å². The van der Waals surface area contributed by atoms with Crippen molar-refractivity contribution in [3.63, 3.8) is 0 Å². The number of halogens is 1. The van der Waals surface area contributed by atoms with Crippen LogP contribution in [0.3, 0.4) is 0 Å². The number of primary sulfonamides is 1. The Morgan fingerprint density at radius 2 is 2.29 bits per heavy atom. The second-order valence-corrected chi connectivity index (χ2v) is 7.31. The zero-order valence-corrected chi connectivity index (χ0v) is 14.8. The van der Waals surface area contributed by atoms with Gasteiger partial charge in [-0.25, -0.2) is 18.4 Å². The molecule has 1 saturated heterocycles. The molecule has 1 aliphatic heterocycles. The Kier molecular flexibility index (Phi) is 6.41. The van der Waals surface area contributed by atoms with Crippen LogP contribution in [-0.2, 0) is 19.5 Å². The van der Waals surface area contributed by atoms with Crippen LogP contribution in [0.25, 0.3) is 0 Å². The molecule has 8 nitrogen and oxygen atoms in total. The van der Waals surface area contributed by atoms with E-state index in [0.717, 1.165) is 0 Å². The third kappa shape index (κ3) is 5.05. The molecule has 0 radical (unpaired) electrons. The number of nitrogens with one attached hydrogen (secondary N) is 1. The smallest absolute Gasteiger partial charge is 0.322 e. The summed E-state index contributed by atoms with van der Waals surface area (Å²) in [7, 11) is -2.27. The number of amides is 2. The third-order valence-electron chi connectivity index (χ3n) is 3.58. The monoisotopic (exact) mass is 377 g/mol. The van der Waals surface area contributed by atoms with E-state index in [2.05, 4.69) is 5.32 Å². The van der Waals surface area contributed by atoms with E-state index in [1.54, 1.807) is 12.0 Å². The number of benzene rings is 1. The predicted molar refractivity (Wildman–Crippen MR) is 89.6 cm³/mol. The number of morpholine rings is 1. The Labute approximate surface area is 145 Å². The minimum atomic E-state index is -3.88. The molecule has 0 unspecified atom stereocenters. The average molecular weight is 378 g/mol. The molecule has 2 rings (SSSR count). The molecule has 0 aromatic heterocycles. The van der Waals surface area contributed by atoms with Crippen LogP contribution in [0.1, 0.15) is 6.42 Å². The highest BCUT2D eigenvalue weighted by atomic mass is 35.5. The van der Waals surface area contributed by atoms with Crippen molar-refractivity contribution >= 4 is 33.3 Å². The average Bonchev–Trinajstić information content (AvgIpc) is 2.54. The number of nitrogens with two attached hydrogens (primary N) is 1. The summed E-state index contributed by atoms with van der Waals surface area (Å²) in [5, 5.41) is 7.93. The number of rotatable bonds is 5. The molecule has 0 saturated carbocycles. The molecule has 1 fully saturated rings. The third-order valence-corrected chi connectivity index (χ3v) is 4.82. The van der Waals surface area contributed by atoms with E-state index >= 15 is 0 Å². The van der Waals surface area contributed by atoms with Gasteiger partial charge in [0.05, 0.1) is 28.3 Å². The molecule has 3 N–H and O–H groups in total. The predicted octanol–water partition coefficient (Wildman–Crippen LogP) is 1.26. The maximum absolute atomic E-state index is 12.4. The largest absolute Gasteiger partial charge is 0.385 e. The van der Waals surface area contributed by atoms with Crippen molar-refractivity contribution in [2.24, 2.45) is 5.14 Å². The first-order valence-corrected chi connectivity index (χ1v) is 9.22. The number of nitrogens with zero attached hydrogens (tertiary/aromatic N) is 1. The molecular formula is C14H20ClN3O5S. The van der Waals surface area contributed by atoms with Crippen molar-refractivity contribution in [3.8, 4) is 0 Å². The maximum Gasteiger partial charge on any atom is 0.322 e. The maximum atomic E-state index is 12.4. The van der Waals surface area contributed by atoms with E-state index in [1.807, 2.05) is 0 Å². The minimum Gasteiger partial charge on any atom is -0.385 e. The fraction of sp³-hybridized carbons (Fsp3) is 0.500. The molecule has 0 bridgehead atoms. The topological polar surface area (TPSA) is 111 Å². The summed E-state index contributed by atoms with van der Waals surface area (Å²) in [6.45, 7) is 1.82. The quantitative estimate of drug-likeness (QED) is 0.802. The first kappa shape index (κ1) is 18.9. The van der Waals surface area contributed by atoms with Gasteiger partial charge < -0.3 is 19.7 Å². The Morgan fingerprint density at radius 3 is 2.96 bits per heavy atom. The van der Waals surface area contributed by atoms with Crippen molar-refractivity contribution in [1.29, 1.82) is 0 Å². The highest BCUT2D eigenvalue weighted by Gasteiger charge is 2.24. The zero-order valence-electron chi connectivity index (χ0n) is 13.2. The van der Waals surface area contributed by atoms with Crippen LogP contribution in [0.5, 0.6) is 0 Å². The van der Waals surface area contributed by atoms with Gasteiger partial charge in [0, 0.05) is 26.8 Å². The molecule has 134 valence electrons. The minimum absolute atomic E-state index is 0.101. The fourth-order valence-corrected chi connectivity index (χ4v) is 3.00. The Balaban J connectivity index is 2.06. The molecule has 1 atom stereocenters. The number of methoxy groups -OCH3 is 1. The lowest BCUT2D eigenvalue weighted by atomic mass is 10.2. The van der Waals surface area contributed by atoms with Gasteiger partial charge in [-0.15, -0.1) is 0 Å². The van der Waals surface area contributed by atoms with Gasteiger partial charge in [-0.05, 0) is 24.6 Å². The first-order chi connectivity index (χ1) is 11.3. The first-order valence-electron chi connectivity index (χ1n) is 7.30. The highest BCUT2D eigenvalue weighted by molar-refractivity contribution is 7.89. The molecule has 1 aliphatic rings. The number of hydrogen-bond acceptors (Lipinski definition) is 5. The van der Waals surface area contributed by atoms with Gasteiger partial charge in [-0.1, -0.05) is 11.6 Å². The molecule has 2 amide bonds. The molecule has 0 spiro atoms. The van der Waals surface area contributed by atoms with Gasteiger partial charge in [-0.3, -0.25) is 0 Å². The van der Waals surface area contributed by atoms with E-state index in [-0.39, 0.29) is 27.7 Å². The number of anilines is 1. The summed E-state index contributed by atoms with van der Waals surface area (Å²) in [4.78, 5) is 13.9. The summed E-state index contributed by atoms with van der Waals surface area (Å²) in [6.07, 6.45) is 0.581. The number of hydrogen-bond donors (Lipinski definition) is 2. The SMILES string of the molecule is COCC[C@H]1CN(C(=O)Nc2cc(S(N)(=O)=O)ccc2Cl)CCO1. The summed E-state index contributed by atoms with van der Waals surface area (Å²) in [5.74, 6) is 0. The van der Waals surface area contributed by atoms with Crippen molar-refractivity contribution in [2.75, 3.05) is 38.7 Å². The second kappa shape index (κ2) is 8.13. The van der Waals surface area contributed by atoms with Crippen molar-refractivity contribution < 1.29 is 22.7 Å². The zero-order chi connectivity index (χ0) is 17.7. The highest BCUT2D eigenvalue weighted by Crippen LogP contribution is 2.25. The summed E-state index contributed by atoms with van der Waals surface area (Å²) in [5.41, 5.74) is 0.188. The summed E-state index contributed by atoms with van der Waals surface area (Å²) >= 11 is 6.02. The summed E-state index contributed by atoms with van der Waals surface area (Å²) < 4.78 is 33.4. The number of carbonyl (C=O) groups excluding carboxylic acids is 1. The molecule has 1 heterocycles. The molecule has 10 heteroatoms. The molecule has 1 aromatic carbocycles. The Hall–Kier alpha value is -1.39. The Morgan fingerprint density at radius 1 is 1.54 bits per heavy atom. The molecule has 0 aliphatic carbocycles. The van der Waals surface area contributed by atoms with Crippen molar-refractivity contribution in [2.45, 2.75) is 17.4 Å². The van der Waals surface area contributed by atoms with Gasteiger partial charge in [-0.2, -0.15) is 0 Å². The van der Waals surface area contributed by atoms with Crippen LogP contribution in [0.4, 0.5) is 10.5 Å². The van der Waals surface area contributed by atoms with Gasteiger partial charge in [0.25, 0.3) is 0 Å². The van der Waals surface area contributed by atoms with E-state index in [4.69, 9.17) is 26.2 Å². The Bertz CT molecular complexity index is 698. The van der Waals surface area contributed by atoms with Crippen LogP contribution in [-0.4, -0.2) is 58.9 Å². The van der Waals surface area contributed by atoms with Gasteiger partial charge in [0.1, 0.15) is 0 Å². The summed E-state index contributed by atoms with van der Waals surface area (Å²) in [6, 6.07) is 3.51. The standard InChI is InChI=1S/C14H20ClN3O5S/c1-22-6-4-10-9-18(5-7-23-10)14(19)17-13-8-11(24(16,20)21)2-3-12(13)15/h2-3,8,10H,4-7,9H2,1H3,(H,17,19)(H2,16,20,21)/t10-/m0/s1. The lowest BCUT2D eigenvalue weighted by Crippen LogP contribution is -2.47. The van der Waals surface area contributed by atoms with Crippen LogP contribution in [0.15, 0.2) is 23.1 Å². The van der Waals surface area contributed by atoms with Crippen LogP contribution >= 0.6 is 11.6 Å². The normalized spacial score (nSPS) is 18.5. The number of ether oxygens (including phenoxy) is 2. The second-order valence-electron chi connectivity index (χ2n) is 5.34. The van der Waals surface area contributed by atoms with Gasteiger partial charge in [0.15, 0.2) is 0 Å². The molecular weight excluding hydrogens is 358 g/mol. The van der Waals surface area contributed by atoms with Crippen LogP contribution in [0.2, 0.25) is 5.02 Å². The number of carbonyl (C=O) groups is 1. The lowest BCUT2D eigenvalue weighted by Gasteiger charge is -2.33. The molecule has 1 aromatic rings. The van der Waals surface area contributed by atoms with E-state index in [1.165, 1.54) is 18.2 Å². The van der Waals surface area contributed by atoms with Crippen molar-refractivity contribution in [3.05, 3.63) is 23.2 Å². The van der Waals surface area contributed by atoms with Crippen LogP contribution in [0, 0.1) is 0 Å².